The molecule has 0 fully saturated rings. The number of hydrogen-bond acceptors (Lipinski definition) is 3. The van der Waals surface area contributed by atoms with Gasteiger partial charge in [0.25, 0.3) is 0 Å². The van der Waals surface area contributed by atoms with Gasteiger partial charge >= 0.3 is 0 Å². The highest BCUT2D eigenvalue weighted by Crippen LogP contribution is 2.86. The van der Waals surface area contributed by atoms with Crippen molar-refractivity contribution in [3.05, 3.63) is 182 Å². The highest BCUT2D eigenvalue weighted by Gasteiger charge is 2.42. The van der Waals surface area contributed by atoms with Crippen LogP contribution in [0.15, 0.2) is 196 Å². The summed E-state index contributed by atoms with van der Waals surface area (Å²) in [6.07, 6.45) is 0. The van der Waals surface area contributed by atoms with E-state index in [0.29, 0.717) is 0 Å². The first kappa shape index (κ1) is 29.2. The molecule has 0 saturated carbocycles. The van der Waals surface area contributed by atoms with E-state index in [-0.39, 0.29) is 0 Å². The molecule has 0 radical (unpaired) electrons. The molecule has 0 aliphatic carbocycles. The highest BCUT2D eigenvalue weighted by atomic mass is 32.1. The molecule has 0 aromatic heterocycles. The minimum absolute atomic E-state index is 0.956. The van der Waals surface area contributed by atoms with Crippen molar-refractivity contribution in [2.75, 3.05) is 6.66 Å². The summed E-state index contributed by atoms with van der Waals surface area (Å²) in [5, 5.41) is 7.33. The van der Waals surface area contributed by atoms with E-state index in [1.807, 2.05) is 0 Å². The molecular formula is C37H33N3P4. The molecule has 7 heteroatoms. The molecule has 1 heterocycles. The maximum absolute atomic E-state index is 6.13. The van der Waals surface area contributed by atoms with Crippen molar-refractivity contribution < 1.29 is 0 Å². The van der Waals surface area contributed by atoms with E-state index in [2.05, 4.69) is 189 Å². The highest BCUT2D eigenvalue weighted by molar-refractivity contribution is 8.41. The second-order valence-corrected chi connectivity index (χ2v) is 24.1. The van der Waals surface area contributed by atoms with Crippen LogP contribution in [0.25, 0.3) is 0 Å². The first-order valence-electron chi connectivity index (χ1n) is 14.7. The quantitative estimate of drug-likeness (QED) is 0.156. The van der Waals surface area contributed by atoms with Gasteiger partial charge in [0, 0.05) is 28.8 Å². The Hall–Kier alpha value is -3.56. The summed E-state index contributed by atoms with van der Waals surface area (Å²) < 4.78 is 18.4. The number of benzene rings is 6. The van der Waals surface area contributed by atoms with Gasteiger partial charge in [-0.2, -0.15) is 0 Å². The maximum atomic E-state index is 6.13. The van der Waals surface area contributed by atoms with Crippen molar-refractivity contribution in [2.24, 2.45) is 13.5 Å². The third-order valence-electron chi connectivity index (χ3n) is 7.70. The van der Waals surface area contributed by atoms with E-state index in [4.69, 9.17) is 13.5 Å². The fourth-order valence-electron chi connectivity index (χ4n) is 5.79. The summed E-state index contributed by atoms with van der Waals surface area (Å²) in [5.74, 6) is 0. The normalized spacial score (nSPS) is 18.4. The monoisotopic (exact) mass is 643 g/mol. The molecule has 1 aliphatic heterocycles. The van der Waals surface area contributed by atoms with Crippen molar-refractivity contribution in [3.63, 3.8) is 0 Å². The third kappa shape index (κ3) is 5.34. The lowest BCUT2D eigenvalue weighted by Gasteiger charge is -2.39. The molecule has 0 N–H and O–H groups in total. The summed E-state index contributed by atoms with van der Waals surface area (Å²) in [5.41, 5.74) is 0. The fourth-order valence-corrected chi connectivity index (χ4v) is 28.5. The average molecular weight is 644 g/mol. The summed E-state index contributed by atoms with van der Waals surface area (Å²) in [7, 11) is -6.34. The van der Waals surface area contributed by atoms with E-state index in [0.717, 1.165) is 0 Å². The van der Waals surface area contributed by atoms with Crippen molar-refractivity contribution in [1.82, 2.24) is 0 Å². The zero-order valence-electron chi connectivity index (χ0n) is 24.5. The molecule has 0 amide bonds. The van der Waals surface area contributed by atoms with Gasteiger partial charge in [-0.15, -0.1) is 0 Å². The van der Waals surface area contributed by atoms with Crippen molar-refractivity contribution in [1.29, 1.82) is 0 Å². The predicted molar refractivity (Wildman–Crippen MR) is 197 cm³/mol. The van der Waals surface area contributed by atoms with Gasteiger partial charge in [-0.3, -0.25) is 0 Å². The number of rotatable bonds is 7. The Bertz CT molecular complexity index is 1820. The SMILES string of the molecule is CP1(P(c2ccccc2)c2ccccc2)=NP(c2ccccc2)(c2ccccc2)=NP(c2ccccc2)(c2ccccc2)=N1. The van der Waals surface area contributed by atoms with Crippen molar-refractivity contribution in [2.45, 2.75) is 0 Å². The molecule has 216 valence electrons. The van der Waals surface area contributed by atoms with Crippen LogP contribution in [0.5, 0.6) is 0 Å². The second-order valence-electron chi connectivity index (χ2n) is 10.7. The molecule has 7 rings (SSSR count). The van der Waals surface area contributed by atoms with E-state index in [1.165, 1.54) is 31.8 Å². The Morgan fingerprint density at radius 2 is 0.614 bits per heavy atom. The zero-order chi connectivity index (χ0) is 29.9. The zero-order valence-corrected chi connectivity index (χ0v) is 28.0. The van der Waals surface area contributed by atoms with Gasteiger partial charge in [0.15, 0.2) is 0 Å². The van der Waals surface area contributed by atoms with E-state index < -0.39 is 28.9 Å². The maximum Gasteiger partial charge on any atom is 0.138 e. The van der Waals surface area contributed by atoms with Gasteiger partial charge in [0.05, 0.1) is 0 Å². The van der Waals surface area contributed by atoms with Gasteiger partial charge in [-0.25, -0.2) is 13.5 Å². The van der Waals surface area contributed by atoms with Gasteiger partial charge in [0.2, 0.25) is 0 Å². The Kier molecular flexibility index (Phi) is 8.25. The predicted octanol–water partition coefficient (Wildman–Crippen LogP) is 9.33. The van der Waals surface area contributed by atoms with E-state index >= 15 is 0 Å². The van der Waals surface area contributed by atoms with Crippen LogP contribution >= 0.6 is 28.9 Å². The van der Waals surface area contributed by atoms with Gasteiger partial charge in [0.1, 0.15) is 21.3 Å². The number of hydrogen-bond donors (Lipinski definition) is 0. The minimum Gasteiger partial charge on any atom is -0.227 e. The lowest BCUT2D eigenvalue weighted by molar-refractivity contribution is 1.63. The minimum atomic E-state index is -2.69. The summed E-state index contributed by atoms with van der Waals surface area (Å²) in [4.78, 5) is 0. The van der Waals surface area contributed by atoms with E-state index in [1.54, 1.807) is 0 Å². The van der Waals surface area contributed by atoms with E-state index in [9.17, 15) is 0 Å². The van der Waals surface area contributed by atoms with Crippen molar-refractivity contribution >= 4 is 60.7 Å². The first-order valence-corrected chi connectivity index (χ1v) is 22.2. The Labute approximate surface area is 262 Å². The summed E-state index contributed by atoms with van der Waals surface area (Å²) in [6.45, 7) is -0.119. The van der Waals surface area contributed by atoms with Crippen LogP contribution in [-0.4, -0.2) is 6.66 Å². The summed E-state index contributed by atoms with van der Waals surface area (Å²) >= 11 is 0. The van der Waals surface area contributed by atoms with Gasteiger partial charge in [-0.1, -0.05) is 182 Å². The molecule has 0 spiro atoms. The fraction of sp³-hybridized carbons (Fsp3) is 0.0270. The lowest BCUT2D eigenvalue weighted by atomic mass is 10.4. The van der Waals surface area contributed by atoms with Crippen LogP contribution < -0.4 is 31.8 Å². The molecule has 1 atom stereocenters. The second kappa shape index (κ2) is 12.4. The Morgan fingerprint density at radius 1 is 0.341 bits per heavy atom. The Morgan fingerprint density at radius 3 is 0.932 bits per heavy atom. The first-order chi connectivity index (χ1) is 21.6. The summed E-state index contributed by atoms with van der Waals surface area (Å²) in [6, 6.07) is 65.2. The molecule has 0 saturated heterocycles. The molecule has 1 aliphatic rings. The molecule has 1 unspecified atom stereocenters. The largest absolute Gasteiger partial charge is 0.227 e. The standard InChI is InChI=1S/C37H33N3P4/c1-42(41(32-20-8-2-9-21-32)33-22-10-3-11-23-33)38-43(34-24-12-4-13-25-34,35-26-14-5-15-27-35)40-44(39-42,36-28-16-6-17-29-36)37-30-18-7-19-31-37/h2-31H,1H3. The molecule has 6 aromatic carbocycles. The molecule has 6 aromatic rings. The molecule has 44 heavy (non-hydrogen) atoms. The number of nitrogens with zero attached hydrogens (tertiary/aromatic N) is 3. The topological polar surface area (TPSA) is 37.1 Å². The lowest BCUT2D eigenvalue weighted by Crippen LogP contribution is -2.21. The van der Waals surface area contributed by atoms with Crippen LogP contribution in [0.2, 0.25) is 0 Å². The van der Waals surface area contributed by atoms with Gasteiger partial charge in [-0.05, 0) is 17.3 Å². The van der Waals surface area contributed by atoms with Crippen LogP contribution in [0.1, 0.15) is 0 Å². The van der Waals surface area contributed by atoms with Crippen LogP contribution in [0.3, 0.4) is 0 Å². The average Bonchev–Trinajstić information content (AvgIpc) is 3.10. The smallest absolute Gasteiger partial charge is 0.138 e. The van der Waals surface area contributed by atoms with Gasteiger partial charge < -0.3 is 0 Å². The third-order valence-corrected chi connectivity index (χ3v) is 26.1. The molecular weight excluding hydrogens is 610 g/mol. The van der Waals surface area contributed by atoms with Crippen LogP contribution in [0, 0.1) is 0 Å². The van der Waals surface area contributed by atoms with Crippen molar-refractivity contribution in [3.8, 4) is 0 Å². The molecule has 3 nitrogen and oxygen atoms in total. The van der Waals surface area contributed by atoms with Crippen LogP contribution in [-0.2, 0) is 0 Å². The Balaban J connectivity index is 1.72. The van der Waals surface area contributed by atoms with Crippen LogP contribution in [0.4, 0.5) is 0 Å². The molecule has 0 bridgehead atoms.